The number of nitro groups is 1. The fraction of sp³-hybridized carbons (Fsp3) is 0.455. The van der Waals surface area contributed by atoms with Crippen molar-refractivity contribution in [3.05, 3.63) is 39.4 Å². The first kappa shape index (κ1) is 10.7. The lowest BCUT2D eigenvalue weighted by Crippen LogP contribution is -1.99. The number of hydrogen-bond donors (Lipinski definition) is 0. The minimum absolute atomic E-state index is 0.262. The monoisotopic (exact) mass is 193 g/mol. The summed E-state index contributed by atoms with van der Waals surface area (Å²) in [5.74, 6) is 0. The van der Waals surface area contributed by atoms with Crippen molar-refractivity contribution in [1.82, 2.24) is 0 Å². The lowest BCUT2D eigenvalue weighted by atomic mass is 9.99. The third kappa shape index (κ3) is 2.10. The van der Waals surface area contributed by atoms with E-state index in [-0.39, 0.29) is 10.6 Å². The number of nitro benzene ring substituents is 1. The maximum Gasteiger partial charge on any atom is 0.272 e. The van der Waals surface area contributed by atoms with Crippen molar-refractivity contribution in [2.75, 3.05) is 0 Å². The van der Waals surface area contributed by atoms with E-state index in [1.807, 2.05) is 13.0 Å². The summed E-state index contributed by atoms with van der Waals surface area (Å²) >= 11 is 0. The van der Waals surface area contributed by atoms with Gasteiger partial charge in [-0.3, -0.25) is 10.1 Å². The van der Waals surface area contributed by atoms with E-state index in [9.17, 15) is 10.1 Å². The molecule has 0 spiro atoms. The van der Waals surface area contributed by atoms with Crippen LogP contribution in [0.4, 0.5) is 5.69 Å². The lowest BCUT2D eigenvalue weighted by molar-refractivity contribution is -0.385. The minimum atomic E-state index is -0.294. The van der Waals surface area contributed by atoms with Crippen molar-refractivity contribution in [1.29, 1.82) is 0 Å². The lowest BCUT2D eigenvalue weighted by Gasteiger charge is -2.06. The zero-order valence-corrected chi connectivity index (χ0v) is 8.62. The van der Waals surface area contributed by atoms with E-state index in [1.165, 1.54) is 0 Å². The van der Waals surface area contributed by atoms with Gasteiger partial charge in [-0.1, -0.05) is 32.4 Å². The highest BCUT2D eigenvalue weighted by molar-refractivity contribution is 5.45. The second kappa shape index (κ2) is 4.74. The van der Waals surface area contributed by atoms with Gasteiger partial charge in [0.1, 0.15) is 0 Å². The molecule has 0 saturated carbocycles. The molecule has 0 amide bonds. The van der Waals surface area contributed by atoms with Gasteiger partial charge in [0.05, 0.1) is 4.92 Å². The van der Waals surface area contributed by atoms with Gasteiger partial charge in [-0.05, 0) is 18.4 Å². The van der Waals surface area contributed by atoms with Crippen molar-refractivity contribution in [3.8, 4) is 0 Å². The fourth-order valence-corrected chi connectivity index (χ4v) is 1.70. The van der Waals surface area contributed by atoms with Crippen molar-refractivity contribution >= 4 is 5.69 Å². The SMILES string of the molecule is CCCc1cccc([N+](=O)[O-])c1CC. The van der Waals surface area contributed by atoms with Crippen molar-refractivity contribution < 1.29 is 4.92 Å². The molecule has 0 aliphatic heterocycles. The molecule has 0 aliphatic rings. The molecule has 0 atom stereocenters. The number of rotatable bonds is 4. The summed E-state index contributed by atoms with van der Waals surface area (Å²) in [6.07, 6.45) is 2.67. The molecule has 0 fully saturated rings. The largest absolute Gasteiger partial charge is 0.272 e. The average molecular weight is 193 g/mol. The second-order valence-corrected chi connectivity index (χ2v) is 3.28. The Bertz CT molecular complexity index is 334. The molecule has 0 N–H and O–H groups in total. The van der Waals surface area contributed by atoms with E-state index in [1.54, 1.807) is 12.1 Å². The molecule has 14 heavy (non-hydrogen) atoms. The number of nitrogens with zero attached hydrogens (tertiary/aromatic N) is 1. The zero-order valence-electron chi connectivity index (χ0n) is 8.62. The number of hydrogen-bond acceptors (Lipinski definition) is 2. The van der Waals surface area contributed by atoms with Gasteiger partial charge in [0.25, 0.3) is 5.69 Å². The Morgan fingerprint density at radius 1 is 1.36 bits per heavy atom. The van der Waals surface area contributed by atoms with Crippen molar-refractivity contribution in [2.45, 2.75) is 33.1 Å². The summed E-state index contributed by atoms with van der Waals surface area (Å²) in [6, 6.07) is 5.33. The molecule has 0 heterocycles. The van der Waals surface area contributed by atoms with E-state index < -0.39 is 0 Å². The first-order chi connectivity index (χ1) is 6.70. The Labute approximate surface area is 83.9 Å². The molecule has 0 radical (unpaired) electrons. The Balaban J connectivity index is 3.17. The van der Waals surface area contributed by atoms with Crippen LogP contribution in [0.1, 0.15) is 31.4 Å². The fourth-order valence-electron chi connectivity index (χ4n) is 1.70. The Hall–Kier alpha value is -1.38. The molecule has 0 unspecified atom stereocenters. The summed E-state index contributed by atoms with van der Waals surface area (Å²) in [5.41, 5.74) is 2.27. The topological polar surface area (TPSA) is 43.1 Å². The average Bonchev–Trinajstić information content (AvgIpc) is 2.18. The first-order valence-electron chi connectivity index (χ1n) is 4.95. The van der Waals surface area contributed by atoms with Crippen LogP contribution in [-0.4, -0.2) is 4.92 Å². The maximum absolute atomic E-state index is 10.7. The molecule has 0 aliphatic carbocycles. The molecule has 1 aromatic carbocycles. The Morgan fingerprint density at radius 3 is 2.57 bits per heavy atom. The highest BCUT2D eigenvalue weighted by Crippen LogP contribution is 2.23. The minimum Gasteiger partial charge on any atom is -0.258 e. The Kier molecular flexibility index (Phi) is 3.63. The van der Waals surface area contributed by atoms with Crippen molar-refractivity contribution in [2.24, 2.45) is 0 Å². The van der Waals surface area contributed by atoms with Crippen LogP contribution in [0, 0.1) is 10.1 Å². The summed E-state index contributed by atoms with van der Waals surface area (Å²) in [5, 5.41) is 10.7. The van der Waals surface area contributed by atoms with Crippen molar-refractivity contribution in [3.63, 3.8) is 0 Å². The normalized spacial score (nSPS) is 10.1. The molecule has 1 rings (SSSR count). The molecule has 1 aromatic rings. The predicted octanol–water partition coefficient (Wildman–Crippen LogP) is 3.11. The van der Waals surface area contributed by atoms with Gasteiger partial charge < -0.3 is 0 Å². The molecule has 0 saturated heterocycles. The first-order valence-corrected chi connectivity index (χ1v) is 4.95. The zero-order chi connectivity index (χ0) is 10.6. The van der Waals surface area contributed by atoms with Crippen LogP contribution in [0.15, 0.2) is 18.2 Å². The van der Waals surface area contributed by atoms with Crippen LogP contribution in [0.3, 0.4) is 0 Å². The molecule has 0 aromatic heterocycles. The highest BCUT2D eigenvalue weighted by atomic mass is 16.6. The summed E-state index contributed by atoms with van der Waals surface area (Å²) in [4.78, 5) is 10.4. The number of benzene rings is 1. The molecule has 3 nitrogen and oxygen atoms in total. The third-order valence-electron chi connectivity index (χ3n) is 2.32. The molecular formula is C11H15NO2. The van der Waals surface area contributed by atoms with Crippen LogP contribution in [0.2, 0.25) is 0 Å². The van der Waals surface area contributed by atoms with E-state index in [0.29, 0.717) is 0 Å². The standard InChI is InChI=1S/C11H15NO2/c1-3-6-9-7-5-8-11(12(13)14)10(9)4-2/h5,7-8H,3-4,6H2,1-2H3. The van der Waals surface area contributed by atoms with Crippen LogP contribution < -0.4 is 0 Å². The molecule has 3 heteroatoms. The van der Waals surface area contributed by atoms with Gasteiger partial charge >= 0.3 is 0 Å². The maximum atomic E-state index is 10.7. The van der Waals surface area contributed by atoms with Crippen LogP contribution in [0.25, 0.3) is 0 Å². The van der Waals surface area contributed by atoms with E-state index in [0.717, 1.165) is 30.4 Å². The smallest absolute Gasteiger partial charge is 0.258 e. The quantitative estimate of drug-likeness (QED) is 0.544. The van der Waals surface area contributed by atoms with Gasteiger partial charge in [0.2, 0.25) is 0 Å². The van der Waals surface area contributed by atoms with Gasteiger partial charge in [-0.15, -0.1) is 0 Å². The van der Waals surface area contributed by atoms with Gasteiger partial charge in [-0.2, -0.15) is 0 Å². The summed E-state index contributed by atoms with van der Waals surface area (Å²) < 4.78 is 0. The number of aryl methyl sites for hydroxylation is 1. The van der Waals surface area contributed by atoms with Crippen LogP contribution >= 0.6 is 0 Å². The van der Waals surface area contributed by atoms with E-state index in [2.05, 4.69) is 6.92 Å². The van der Waals surface area contributed by atoms with E-state index in [4.69, 9.17) is 0 Å². The van der Waals surface area contributed by atoms with Gasteiger partial charge in [0, 0.05) is 11.6 Å². The van der Waals surface area contributed by atoms with Gasteiger partial charge in [0.15, 0.2) is 0 Å². The summed E-state index contributed by atoms with van der Waals surface area (Å²) in [6.45, 7) is 4.04. The van der Waals surface area contributed by atoms with Crippen LogP contribution in [0.5, 0.6) is 0 Å². The Morgan fingerprint density at radius 2 is 2.07 bits per heavy atom. The molecule has 0 bridgehead atoms. The molecule has 76 valence electrons. The predicted molar refractivity (Wildman–Crippen MR) is 56.5 cm³/mol. The third-order valence-corrected chi connectivity index (χ3v) is 2.32. The van der Waals surface area contributed by atoms with Crippen LogP contribution in [-0.2, 0) is 12.8 Å². The van der Waals surface area contributed by atoms with Gasteiger partial charge in [-0.25, -0.2) is 0 Å². The van der Waals surface area contributed by atoms with E-state index >= 15 is 0 Å². The summed E-state index contributed by atoms with van der Waals surface area (Å²) in [7, 11) is 0. The molecular weight excluding hydrogens is 178 g/mol. The highest BCUT2D eigenvalue weighted by Gasteiger charge is 2.14. The second-order valence-electron chi connectivity index (χ2n) is 3.28.